The molecule has 3 aromatic carbocycles. The van der Waals surface area contributed by atoms with E-state index in [0.717, 1.165) is 11.1 Å². The van der Waals surface area contributed by atoms with E-state index in [0.29, 0.717) is 15.6 Å². The molecule has 0 saturated heterocycles. The fourth-order valence-corrected chi connectivity index (χ4v) is 3.68. The van der Waals surface area contributed by atoms with Gasteiger partial charge in [-0.25, -0.2) is 0 Å². The van der Waals surface area contributed by atoms with Crippen LogP contribution in [0.25, 0.3) is 0 Å². The number of rotatable bonds is 8. The Balaban J connectivity index is 1.73. The third kappa shape index (κ3) is 6.05. The normalized spacial score (nSPS) is 14.0. The fourth-order valence-electron chi connectivity index (χ4n) is 3.16. The average Bonchev–Trinajstić information content (AvgIpc) is 2.74. The molecule has 0 aliphatic rings. The summed E-state index contributed by atoms with van der Waals surface area (Å²) in [5.41, 5.74) is 8.27. The molecule has 1 amide bonds. The van der Waals surface area contributed by atoms with Crippen LogP contribution in [0.2, 0.25) is 10.0 Å². The van der Waals surface area contributed by atoms with Gasteiger partial charge in [-0.3, -0.25) is 10.1 Å². The third-order valence-electron chi connectivity index (χ3n) is 4.73. The van der Waals surface area contributed by atoms with Gasteiger partial charge in [0.15, 0.2) is 0 Å². The zero-order valence-corrected chi connectivity index (χ0v) is 17.6. The SMILES string of the molecule is NC(NC(O)C(CNC(=O)c1cc(Cl)cc(Cl)c1)c1ccccc1)c1ccccc1. The van der Waals surface area contributed by atoms with E-state index in [9.17, 15) is 9.90 Å². The van der Waals surface area contributed by atoms with Crippen LogP contribution >= 0.6 is 23.2 Å². The van der Waals surface area contributed by atoms with Gasteiger partial charge in [0.25, 0.3) is 5.91 Å². The average molecular weight is 444 g/mol. The lowest BCUT2D eigenvalue weighted by Crippen LogP contribution is -2.44. The van der Waals surface area contributed by atoms with Crippen molar-refractivity contribution >= 4 is 29.1 Å². The van der Waals surface area contributed by atoms with Gasteiger partial charge in [-0.2, -0.15) is 0 Å². The Morgan fingerprint density at radius 1 is 0.900 bits per heavy atom. The van der Waals surface area contributed by atoms with Crippen molar-refractivity contribution in [2.45, 2.75) is 18.3 Å². The number of aliphatic hydroxyl groups is 1. The number of carbonyl (C=O) groups is 1. The number of hydrogen-bond donors (Lipinski definition) is 4. The number of hydrogen-bond acceptors (Lipinski definition) is 4. The lowest BCUT2D eigenvalue weighted by molar-refractivity contribution is 0.0846. The maximum Gasteiger partial charge on any atom is 0.251 e. The summed E-state index contributed by atoms with van der Waals surface area (Å²) in [7, 11) is 0. The van der Waals surface area contributed by atoms with Crippen LogP contribution in [0.3, 0.4) is 0 Å². The number of aliphatic hydroxyl groups excluding tert-OH is 1. The van der Waals surface area contributed by atoms with Crippen molar-refractivity contribution in [3.05, 3.63) is 106 Å². The molecule has 3 atom stereocenters. The molecular weight excluding hydrogens is 421 g/mol. The van der Waals surface area contributed by atoms with Gasteiger partial charge in [-0.05, 0) is 29.3 Å². The summed E-state index contributed by atoms with van der Waals surface area (Å²) in [5.74, 6) is -0.764. The molecule has 5 nitrogen and oxygen atoms in total. The molecule has 0 heterocycles. The molecule has 7 heteroatoms. The number of amides is 1. The Morgan fingerprint density at radius 3 is 2.00 bits per heavy atom. The second kappa shape index (κ2) is 10.6. The van der Waals surface area contributed by atoms with Gasteiger partial charge in [0, 0.05) is 28.1 Å². The van der Waals surface area contributed by atoms with Crippen LogP contribution < -0.4 is 16.4 Å². The lowest BCUT2D eigenvalue weighted by atomic mass is 9.96. The number of nitrogens with two attached hydrogens (primary N) is 1. The predicted octanol–water partition coefficient (Wildman–Crippen LogP) is 4.07. The minimum absolute atomic E-state index is 0.183. The summed E-state index contributed by atoms with van der Waals surface area (Å²) in [5, 5.41) is 17.5. The molecule has 30 heavy (non-hydrogen) atoms. The van der Waals surface area contributed by atoms with E-state index in [1.54, 1.807) is 18.2 Å². The first-order valence-corrected chi connectivity index (χ1v) is 10.2. The molecule has 5 N–H and O–H groups in total. The molecule has 3 aromatic rings. The number of benzene rings is 3. The van der Waals surface area contributed by atoms with Crippen LogP contribution in [-0.2, 0) is 0 Å². The van der Waals surface area contributed by atoms with Crippen molar-refractivity contribution in [1.29, 1.82) is 0 Å². The zero-order chi connectivity index (χ0) is 21.5. The summed E-state index contributed by atoms with van der Waals surface area (Å²) in [6, 6.07) is 23.5. The van der Waals surface area contributed by atoms with E-state index in [4.69, 9.17) is 28.9 Å². The molecule has 156 valence electrons. The second-order valence-corrected chi connectivity index (χ2v) is 7.76. The van der Waals surface area contributed by atoms with Crippen LogP contribution in [0.15, 0.2) is 78.9 Å². The van der Waals surface area contributed by atoms with E-state index < -0.39 is 18.3 Å². The van der Waals surface area contributed by atoms with Crippen LogP contribution in [-0.4, -0.2) is 23.8 Å². The quantitative estimate of drug-likeness (QED) is 0.395. The highest BCUT2D eigenvalue weighted by Crippen LogP contribution is 2.22. The largest absolute Gasteiger partial charge is 0.378 e. The third-order valence-corrected chi connectivity index (χ3v) is 5.16. The maximum atomic E-state index is 12.6. The van der Waals surface area contributed by atoms with Gasteiger partial charge in [0.2, 0.25) is 0 Å². The van der Waals surface area contributed by atoms with E-state index in [1.807, 2.05) is 60.7 Å². The summed E-state index contributed by atoms with van der Waals surface area (Å²) >= 11 is 12.0. The Kier molecular flexibility index (Phi) is 7.85. The number of carbonyl (C=O) groups excluding carboxylic acids is 1. The Labute approximate surface area is 185 Å². The fraction of sp³-hybridized carbons (Fsp3) is 0.174. The molecular formula is C23H23Cl2N3O2. The molecule has 0 radical (unpaired) electrons. The van der Waals surface area contributed by atoms with Gasteiger partial charge in [-0.1, -0.05) is 83.9 Å². The van der Waals surface area contributed by atoms with Crippen molar-refractivity contribution in [3.63, 3.8) is 0 Å². The van der Waals surface area contributed by atoms with Crippen LogP contribution in [0, 0.1) is 0 Å². The van der Waals surface area contributed by atoms with Gasteiger partial charge in [-0.15, -0.1) is 0 Å². The zero-order valence-electron chi connectivity index (χ0n) is 16.1. The first kappa shape index (κ1) is 22.3. The molecule has 0 aliphatic heterocycles. The van der Waals surface area contributed by atoms with Crippen molar-refractivity contribution < 1.29 is 9.90 Å². The molecule has 0 bridgehead atoms. The summed E-state index contributed by atoms with van der Waals surface area (Å²) in [6.45, 7) is 0.183. The highest BCUT2D eigenvalue weighted by atomic mass is 35.5. The van der Waals surface area contributed by atoms with Gasteiger partial charge < -0.3 is 16.2 Å². The first-order chi connectivity index (χ1) is 14.4. The molecule has 0 aromatic heterocycles. The monoisotopic (exact) mass is 443 g/mol. The van der Waals surface area contributed by atoms with E-state index in [1.165, 1.54) is 0 Å². The first-order valence-electron chi connectivity index (χ1n) is 9.48. The van der Waals surface area contributed by atoms with Gasteiger partial charge in [0.1, 0.15) is 6.23 Å². The van der Waals surface area contributed by atoms with Gasteiger partial charge in [0.05, 0.1) is 6.17 Å². The molecule has 3 unspecified atom stereocenters. The van der Waals surface area contributed by atoms with Crippen molar-refractivity contribution in [2.24, 2.45) is 5.73 Å². The van der Waals surface area contributed by atoms with Crippen molar-refractivity contribution in [2.75, 3.05) is 6.54 Å². The van der Waals surface area contributed by atoms with E-state index in [2.05, 4.69) is 10.6 Å². The van der Waals surface area contributed by atoms with Crippen LogP contribution in [0.5, 0.6) is 0 Å². The predicted molar refractivity (Wildman–Crippen MR) is 120 cm³/mol. The molecule has 0 fully saturated rings. The topological polar surface area (TPSA) is 87.4 Å². The standard InChI is InChI=1S/C23H23Cl2N3O2/c24-18-11-17(12-19(25)13-18)22(29)27-14-20(15-7-3-1-4-8-15)23(30)28-21(26)16-9-5-2-6-10-16/h1-13,20-21,23,28,30H,14,26H2,(H,27,29). The summed E-state index contributed by atoms with van der Waals surface area (Å²) in [6.07, 6.45) is -1.55. The van der Waals surface area contributed by atoms with Crippen molar-refractivity contribution in [3.8, 4) is 0 Å². The minimum Gasteiger partial charge on any atom is -0.378 e. The summed E-state index contributed by atoms with van der Waals surface area (Å²) in [4.78, 5) is 12.6. The lowest BCUT2D eigenvalue weighted by Gasteiger charge is -2.27. The molecule has 0 saturated carbocycles. The molecule has 0 spiro atoms. The van der Waals surface area contributed by atoms with Crippen LogP contribution in [0.4, 0.5) is 0 Å². The second-order valence-electron chi connectivity index (χ2n) is 6.89. The highest BCUT2D eigenvalue weighted by Gasteiger charge is 2.24. The minimum atomic E-state index is -0.995. The van der Waals surface area contributed by atoms with Crippen LogP contribution in [0.1, 0.15) is 33.6 Å². The van der Waals surface area contributed by atoms with E-state index >= 15 is 0 Å². The number of nitrogens with one attached hydrogen (secondary N) is 2. The van der Waals surface area contributed by atoms with E-state index in [-0.39, 0.29) is 12.5 Å². The Bertz CT molecular complexity index is 950. The maximum absolute atomic E-state index is 12.6. The van der Waals surface area contributed by atoms with Gasteiger partial charge >= 0.3 is 0 Å². The molecule has 0 aliphatic carbocycles. The number of halogens is 2. The summed E-state index contributed by atoms with van der Waals surface area (Å²) < 4.78 is 0. The Morgan fingerprint density at radius 2 is 1.43 bits per heavy atom. The smallest absolute Gasteiger partial charge is 0.251 e. The highest BCUT2D eigenvalue weighted by molar-refractivity contribution is 6.35. The van der Waals surface area contributed by atoms with Crippen molar-refractivity contribution in [1.82, 2.24) is 10.6 Å². The Hall–Kier alpha value is -2.41. The molecule has 3 rings (SSSR count).